The molecule has 0 N–H and O–H groups in total. The van der Waals surface area contributed by atoms with Crippen molar-refractivity contribution in [3.05, 3.63) is 59.8 Å². The van der Waals surface area contributed by atoms with Gasteiger partial charge in [0.2, 0.25) is 0 Å². The Balaban J connectivity index is 2.41. The maximum Gasteiger partial charge on any atom is 0.311 e. The minimum atomic E-state index is -0.512. The molecule has 0 spiro atoms. The zero-order valence-corrected chi connectivity index (χ0v) is 13.5. The Hall–Kier alpha value is -1.97. The molecule has 0 saturated carbocycles. The largest absolute Gasteiger partial charge is 0.490 e. The molecule has 0 fully saturated rings. The Morgan fingerprint density at radius 3 is 2.81 bits per heavy atom. The van der Waals surface area contributed by atoms with Crippen LogP contribution in [0.25, 0.3) is 0 Å². The molecular formula is C13H12IN3O4. The van der Waals surface area contributed by atoms with Gasteiger partial charge < -0.3 is 4.74 Å². The summed E-state index contributed by atoms with van der Waals surface area (Å²) in [5.41, 5.74) is 1.00. The highest BCUT2D eigenvalue weighted by atomic mass is 127. The number of aryl methyl sites for hydroxylation is 1. The zero-order chi connectivity index (χ0) is 15.6. The van der Waals surface area contributed by atoms with Crippen molar-refractivity contribution in [3.8, 4) is 5.75 Å². The summed E-state index contributed by atoms with van der Waals surface area (Å²) in [6.45, 7) is 1.97. The molecule has 2 rings (SSSR count). The number of aromatic nitrogens is 2. The van der Waals surface area contributed by atoms with Crippen LogP contribution in [0.1, 0.15) is 11.3 Å². The van der Waals surface area contributed by atoms with E-state index in [0.717, 1.165) is 0 Å². The van der Waals surface area contributed by atoms with Crippen molar-refractivity contribution in [1.29, 1.82) is 0 Å². The summed E-state index contributed by atoms with van der Waals surface area (Å²) in [7, 11) is 1.37. The van der Waals surface area contributed by atoms with Crippen molar-refractivity contribution >= 4 is 28.3 Å². The van der Waals surface area contributed by atoms with Gasteiger partial charge in [0.25, 0.3) is 5.56 Å². The van der Waals surface area contributed by atoms with E-state index in [1.807, 2.05) is 22.6 Å². The molecule has 8 heteroatoms. The number of ether oxygens (including phenoxy) is 1. The van der Waals surface area contributed by atoms with Gasteiger partial charge in [-0.1, -0.05) is 6.07 Å². The van der Waals surface area contributed by atoms with Gasteiger partial charge in [-0.15, -0.1) is 0 Å². The molecule has 0 atom stereocenters. The molecule has 0 aliphatic heterocycles. The summed E-state index contributed by atoms with van der Waals surface area (Å²) in [5, 5.41) is 11.0. The van der Waals surface area contributed by atoms with Gasteiger partial charge in [0.1, 0.15) is 0 Å². The van der Waals surface area contributed by atoms with Crippen LogP contribution < -0.4 is 10.3 Å². The Bertz CT molecular complexity index is 758. The van der Waals surface area contributed by atoms with Crippen molar-refractivity contribution in [2.45, 2.75) is 13.5 Å². The van der Waals surface area contributed by atoms with E-state index in [1.165, 1.54) is 30.1 Å². The van der Waals surface area contributed by atoms with Crippen LogP contribution in [0.5, 0.6) is 5.75 Å². The third-order valence-electron chi connectivity index (χ3n) is 2.95. The van der Waals surface area contributed by atoms with Gasteiger partial charge in [-0.05, 0) is 41.1 Å². The molecular weight excluding hydrogens is 389 g/mol. The lowest BCUT2D eigenvalue weighted by molar-refractivity contribution is -0.385. The van der Waals surface area contributed by atoms with E-state index in [0.29, 0.717) is 14.8 Å². The third kappa shape index (κ3) is 3.20. The van der Waals surface area contributed by atoms with Crippen LogP contribution in [0.2, 0.25) is 0 Å². The average molecular weight is 401 g/mol. The van der Waals surface area contributed by atoms with E-state index in [-0.39, 0.29) is 23.5 Å². The van der Waals surface area contributed by atoms with E-state index in [2.05, 4.69) is 4.98 Å². The molecule has 0 amide bonds. The van der Waals surface area contributed by atoms with Crippen LogP contribution in [0, 0.1) is 20.6 Å². The van der Waals surface area contributed by atoms with Crippen LogP contribution in [-0.4, -0.2) is 21.6 Å². The molecule has 0 bridgehead atoms. The van der Waals surface area contributed by atoms with Gasteiger partial charge >= 0.3 is 5.69 Å². The molecule has 1 aromatic heterocycles. The Labute approximate surface area is 133 Å². The lowest BCUT2D eigenvalue weighted by Gasteiger charge is -2.08. The predicted molar refractivity (Wildman–Crippen MR) is 84.7 cm³/mol. The summed E-state index contributed by atoms with van der Waals surface area (Å²) in [6, 6.07) is 4.61. The standard InChI is InChI=1S/C13H12IN3O4/c1-8-12(14)13(18)16(7-15-8)6-9-3-4-11(21-2)10(5-9)17(19)20/h3-5,7H,6H2,1-2H3. The van der Waals surface area contributed by atoms with E-state index in [9.17, 15) is 14.9 Å². The average Bonchev–Trinajstić information content (AvgIpc) is 2.47. The van der Waals surface area contributed by atoms with Gasteiger partial charge in [-0.2, -0.15) is 0 Å². The molecule has 1 aromatic carbocycles. The van der Waals surface area contributed by atoms with Crippen LogP contribution in [-0.2, 0) is 6.54 Å². The van der Waals surface area contributed by atoms with Crippen LogP contribution in [0.3, 0.4) is 0 Å². The van der Waals surface area contributed by atoms with Crippen LogP contribution >= 0.6 is 22.6 Å². The van der Waals surface area contributed by atoms with Crippen LogP contribution in [0.15, 0.2) is 29.3 Å². The highest BCUT2D eigenvalue weighted by Crippen LogP contribution is 2.27. The monoisotopic (exact) mass is 401 g/mol. The first-order valence-corrected chi connectivity index (χ1v) is 7.04. The Morgan fingerprint density at radius 1 is 1.48 bits per heavy atom. The number of halogens is 1. The molecule has 21 heavy (non-hydrogen) atoms. The van der Waals surface area contributed by atoms with Gasteiger partial charge in [0.05, 0.1) is 34.2 Å². The van der Waals surface area contributed by atoms with Crippen molar-refractivity contribution < 1.29 is 9.66 Å². The lowest BCUT2D eigenvalue weighted by atomic mass is 10.2. The second kappa shape index (κ2) is 6.20. The fraction of sp³-hybridized carbons (Fsp3) is 0.231. The summed E-state index contributed by atoms with van der Waals surface area (Å²) in [5.74, 6) is 0.188. The molecule has 7 nitrogen and oxygen atoms in total. The minimum absolute atomic E-state index is 0.127. The fourth-order valence-electron chi connectivity index (χ4n) is 1.83. The predicted octanol–water partition coefficient (Wildman–Crippen LogP) is 2.12. The molecule has 0 radical (unpaired) electrons. The summed E-state index contributed by atoms with van der Waals surface area (Å²) >= 11 is 1.94. The number of rotatable bonds is 4. The SMILES string of the molecule is COc1ccc(Cn2cnc(C)c(I)c2=O)cc1[N+](=O)[O-]. The van der Waals surface area contributed by atoms with Gasteiger partial charge in [-0.3, -0.25) is 19.5 Å². The maximum absolute atomic E-state index is 12.1. The number of nitro benzene ring substituents is 1. The molecule has 110 valence electrons. The van der Waals surface area contributed by atoms with E-state index >= 15 is 0 Å². The molecule has 1 heterocycles. The summed E-state index contributed by atoms with van der Waals surface area (Å²) < 4.78 is 6.90. The number of hydrogen-bond donors (Lipinski definition) is 0. The van der Waals surface area contributed by atoms with Crippen molar-refractivity contribution in [2.24, 2.45) is 0 Å². The first-order valence-electron chi connectivity index (χ1n) is 5.97. The van der Waals surface area contributed by atoms with E-state index in [1.54, 1.807) is 13.0 Å². The molecule has 0 unspecified atom stereocenters. The minimum Gasteiger partial charge on any atom is -0.490 e. The zero-order valence-electron chi connectivity index (χ0n) is 11.4. The van der Waals surface area contributed by atoms with Crippen molar-refractivity contribution in [1.82, 2.24) is 9.55 Å². The summed E-state index contributed by atoms with van der Waals surface area (Å²) in [6.07, 6.45) is 1.44. The normalized spacial score (nSPS) is 10.4. The second-order valence-corrected chi connectivity index (χ2v) is 5.42. The highest BCUT2D eigenvalue weighted by molar-refractivity contribution is 14.1. The quantitative estimate of drug-likeness (QED) is 0.445. The number of nitro groups is 1. The lowest BCUT2D eigenvalue weighted by Crippen LogP contribution is -2.24. The van der Waals surface area contributed by atoms with Gasteiger partial charge in [0, 0.05) is 6.07 Å². The molecule has 0 saturated heterocycles. The molecule has 0 aliphatic rings. The van der Waals surface area contributed by atoms with Crippen molar-refractivity contribution in [3.63, 3.8) is 0 Å². The second-order valence-electron chi connectivity index (χ2n) is 4.34. The topological polar surface area (TPSA) is 87.3 Å². The van der Waals surface area contributed by atoms with Gasteiger partial charge in [0.15, 0.2) is 5.75 Å². The number of hydrogen-bond acceptors (Lipinski definition) is 5. The molecule has 2 aromatic rings. The Kier molecular flexibility index (Phi) is 4.56. The van der Waals surface area contributed by atoms with Crippen molar-refractivity contribution in [2.75, 3.05) is 7.11 Å². The maximum atomic E-state index is 12.1. The highest BCUT2D eigenvalue weighted by Gasteiger charge is 2.15. The van der Waals surface area contributed by atoms with E-state index < -0.39 is 4.92 Å². The van der Waals surface area contributed by atoms with E-state index in [4.69, 9.17) is 4.74 Å². The number of methoxy groups -OCH3 is 1. The first-order chi connectivity index (χ1) is 9.93. The first kappa shape index (κ1) is 15.4. The Morgan fingerprint density at radius 2 is 2.19 bits per heavy atom. The fourth-order valence-corrected chi connectivity index (χ4v) is 2.28. The smallest absolute Gasteiger partial charge is 0.311 e. The summed E-state index contributed by atoms with van der Waals surface area (Å²) in [4.78, 5) is 26.7. The number of benzene rings is 1. The number of nitrogens with zero attached hydrogens (tertiary/aromatic N) is 3. The third-order valence-corrected chi connectivity index (χ3v) is 4.19. The van der Waals surface area contributed by atoms with Gasteiger partial charge in [-0.25, -0.2) is 4.98 Å². The molecule has 0 aliphatic carbocycles. The van der Waals surface area contributed by atoms with Crippen LogP contribution in [0.4, 0.5) is 5.69 Å².